The van der Waals surface area contributed by atoms with Gasteiger partial charge in [-0.2, -0.15) is 0 Å². The highest BCUT2D eigenvalue weighted by molar-refractivity contribution is 5.81. The van der Waals surface area contributed by atoms with Gasteiger partial charge in [0.05, 0.1) is 14.2 Å². The summed E-state index contributed by atoms with van der Waals surface area (Å²) >= 11 is 0. The first-order chi connectivity index (χ1) is 11.4. The Kier molecular flexibility index (Phi) is 4.09. The second kappa shape index (κ2) is 6.07. The zero-order chi connectivity index (χ0) is 17.3. The number of hydrogen-bond acceptors (Lipinski definition) is 4. The van der Waals surface area contributed by atoms with Crippen LogP contribution in [-0.4, -0.2) is 29.1 Å². The van der Waals surface area contributed by atoms with E-state index in [1.807, 2.05) is 42.6 Å². The second-order valence-corrected chi connectivity index (χ2v) is 6.68. The number of hydrogen-bond donors (Lipinski definition) is 1. The van der Waals surface area contributed by atoms with E-state index in [-0.39, 0.29) is 5.54 Å². The highest BCUT2D eigenvalue weighted by Gasteiger charge is 2.21. The fourth-order valence-corrected chi connectivity index (χ4v) is 2.66. The van der Waals surface area contributed by atoms with E-state index in [0.29, 0.717) is 0 Å². The van der Waals surface area contributed by atoms with Crippen molar-refractivity contribution >= 4 is 11.5 Å². The monoisotopic (exact) mass is 325 g/mol. The summed E-state index contributed by atoms with van der Waals surface area (Å²) in [6.07, 6.45) is 2.01. The zero-order valence-electron chi connectivity index (χ0n) is 14.8. The molecule has 0 aliphatic heterocycles. The van der Waals surface area contributed by atoms with Crippen LogP contribution in [0.3, 0.4) is 0 Å². The van der Waals surface area contributed by atoms with Crippen molar-refractivity contribution in [2.75, 3.05) is 19.5 Å². The highest BCUT2D eigenvalue weighted by atomic mass is 16.5. The van der Waals surface area contributed by atoms with Crippen LogP contribution in [0.1, 0.15) is 20.8 Å². The van der Waals surface area contributed by atoms with Gasteiger partial charge in [0.25, 0.3) is 0 Å². The summed E-state index contributed by atoms with van der Waals surface area (Å²) in [5, 5.41) is 3.56. The molecule has 2 aromatic heterocycles. The van der Waals surface area contributed by atoms with Crippen LogP contribution < -0.4 is 14.8 Å². The molecule has 0 aliphatic rings. The van der Waals surface area contributed by atoms with E-state index >= 15 is 0 Å². The van der Waals surface area contributed by atoms with Gasteiger partial charge in [-0.05, 0) is 51.1 Å². The van der Waals surface area contributed by atoms with Crippen molar-refractivity contribution in [2.24, 2.45) is 0 Å². The molecule has 0 bridgehead atoms. The fraction of sp³-hybridized carbons (Fsp3) is 0.316. The number of nitrogens with zero attached hydrogens (tertiary/aromatic N) is 2. The normalized spacial score (nSPS) is 11.5. The van der Waals surface area contributed by atoms with Crippen molar-refractivity contribution in [2.45, 2.75) is 26.3 Å². The minimum atomic E-state index is -0.105. The molecule has 5 heteroatoms. The summed E-state index contributed by atoms with van der Waals surface area (Å²) in [5.74, 6) is 2.46. The van der Waals surface area contributed by atoms with E-state index in [1.54, 1.807) is 14.2 Å². The lowest BCUT2D eigenvalue weighted by atomic mass is 10.1. The molecular weight excluding hydrogens is 302 g/mol. The number of nitrogens with one attached hydrogen (secondary N) is 1. The lowest BCUT2D eigenvalue weighted by Gasteiger charge is -2.23. The van der Waals surface area contributed by atoms with E-state index in [0.717, 1.165) is 34.2 Å². The highest BCUT2D eigenvalue weighted by Crippen LogP contribution is 2.38. The van der Waals surface area contributed by atoms with Gasteiger partial charge in [0.15, 0.2) is 0 Å². The van der Waals surface area contributed by atoms with E-state index in [9.17, 15) is 0 Å². The van der Waals surface area contributed by atoms with Crippen LogP contribution in [0.15, 0.2) is 42.6 Å². The fourth-order valence-electron chi connectivity index (χ4n) is 2.66. The van der Waals surface area contributed by atoms with Crippen molar-refractivity contribution in [1.29, 1.82) is 0 Å². The molecule has 0 fully saturated rings. The molecule has 0 amide bonds. The average molecular weight is 325 g/mol. The van der Waals surface area contributed by atoms with Crippen LogP contribution in [-0.2, 0) is 0 Å². The predicted molar refractivity (Wildman–Crippen MR) is 97.1 cm³/mol. The molecule has 2 heterocycles. The summed E-state index contributed by atoms with van der Waals surface area (Å²) in [5.41, 5.74) is 2.51. The van der Waals surface area contributed by atoms with Crippen LogP contribution in [0.4, 0.5) is 5.82 Å². The van der Waals surface area contributed by atoms with Gasteiger partial charge < -0.3 is 14.8 Å². The third-order valence-electron chi connectivity index (χ3n) is 3.69. The van der Waals surface area contributed by atoms with Crippen molar-refractivity contribution in [3.05, 3.63) is 42.6 Å². The molecule has 1 aromatic carbocycles. The van der Waals surface area contributed by atoms with Gasteiger partial charge in [-0.1, -0.05) is 6.07 Å². The lowest BCUT2D eigenvalue weighted by Crippen LogP contribution is -2.27. The molecule has 0 saturated carbocycles. The Morgan fingerprint density at radius 2 is 1.83 bits per heavy atom. The molecule has 126 valence electrons. The van der Waals surface area contributed by atoms with Crippen LogP contribution in [0.2, 0.25) is 0 Å². The molecule has 0 unspecified atom stereocenters. The minimum absolute atomic E-state index is 0.105. The Hall–Kier alpha value is -2.69. The number of benzene rings is 1. The van der Waals surface area contributed by atoms with E-state index in [4.69, 9.17) is 14.5 Å². The molecule has 1 N–H and O–H groups in total. The lowest BCUT2D eigenvalue weighted by molar-refractivity contribution is 0.404. The maximum Gasteiger partial charge on any atom is 0.139 e. The Bertz CT molecular complexity index is 863. The quantitative estimate of drug-likeness (QED) is 0.780. The second-order valence-electron chi connectivity index (χ2n) is 6.68. The van der Waals surface area contributed by atoms with Gasteiger partial charge in [-0.25, -0.2) is 4.98 Å². The molecule has 3 rings (SSSR count). The standard InChI is InChI=1S/C19H23N3O2/c1-19(2,3)21-18-17(20-16-8-6-7-11-22(16)18)14-12-13(23-4)9-10-15(14)24-5/h6-12,21H,1-5H3. The van der Waals surface area contributed by atoms with Gasteiger partial charge >= 0.3 is 0 Å². The van der Waals surface area contributed by atoms with Gasteiger partial charge in [-0.15, -0.1) is 0 Å². The Morgan fingerprint density at radius 1 is 1.04 bits per heavy atom. The summed E-state index contributed by atoms with van der Waals surface area (Å²) in [4.78, 5) is 4.82. The van der Waals surface area contributed by atoms with Crippen LogP contribution in [0, 0.1) is 0 Å². The first-order valence-corrected chi connectivity index (χ1v) is 7.90. The number of rotatable bonds is 4. The van der Waals surface area contributed by atoms with Crippen LogP contribution in [0.25, 0.3) is 16.9 Å². The number of pyridine rings is 1. The number of methoxy groups -OCH3 is 2. The van der Waals surface area contributed by atoms with Gasteiger partial charge in [0.1, 0.15) is 28.7 Å². The molecule has 24 heavy (non-hydrogen) atoms. The first kappa shape index (κ1) is 16.2. The molecule has 0 spiro atoms. The summed E-state index contributed by atoms with van der Waals surface area (Å²) in [7, 11) is 3.32. The Labute approximate surface area is 142 Å². The molecule has 0 radical (unpaired) electrons. The summed E-state index contributed by atoms with van der Waals surface area (Å²) < 4.78 is 13.0. The Morgan fingerprint density at radius 3 is 2.50 bits per heavy atom. The van der Waals surface area contributed by atoms with E-state index in [2.05, 4.69) is 30.5 Å². The number of ether oxygens (including phenoxy) is 2. The molecule has 3 aromatic rings. The number of aromatic nitrogens is 2. The van der Waals surface area contributed by atoms with Crippen molar-refractivity contribution in [3.8, 4) is 22.8 Å². The van der Waals surface area contributed by atoms with Crippen LogP contribution >= 0.6 is 0 Å². The molecule has 0 saturated heterocycles. The average Bonchev–Trinajstić information content (AvgIpc) is 2.91. The molecule has 0 aliphatic carbocycles. The third-order valence-corrected chi connectivity index (χ3v) is 3.69. The molecular formula is C19H23N3O2. The maximum absolute atomic E-state index is 5.55. The minimum Gasteiger partial charge on any atom is -0.497 e. The SMILES string of the molecule is COc1ccc(OC)c(-c2nc3ccccn3c2NC(C)(C)C)c1. The zero-order valence-corrected chi connectivity index (χ0v) is 14.8. The summed E-state index contributed by atoms with van der Waals surface area (Å²) in [6.45, 7) is 6.38. The predicted octanol–water partition coefficient (Wildman–Crippen LogP) is 4.23. The molecule has 0 atom stereocenters. The first-order valence-electron chi connectivity index (χ1n) is 7.90. The van der Waals surface area contributed by atoms with Crippen LogP contribution in [0.5, 0.6) is 11.5 Å². The Balaban J connectivity index is 2.27. The largest absolute Gasteiger partial charge is 0.497 e. The van der Waals surface area contributed by atoms with Crippen molar-refractivity contribution in [3.63, 3.8) is 0 Å². The number of imidazole rings is 1. The van der Waals surface area contributed by atoms with E-state index in [1.165, 1.54) is 0 Å². The van der Waals surface area contributed by atoms with Crippen molar-refractivity contribution in [1.82, 2.24) is 9.38 Å². The smallest absolute Gasteiger partial charge is 0.139 e. The summed E-state index contributed by atoms with van der Waals surface area (Å²) in [6, 6.07) is 11.7. The number of anilines is 1. The molecule has 5 nitrogen and oxygen atoms in total. The third kappa shape index (κ3) is 3.02. The topological polar surface area (TPSA) is 47.8 Å². The number of fused-ring (bicyclic) bond motifs is 1. The van der Waals surface area contributed by atoms with Crippen molar-refractivity contribution < 1.29 is 9.47 Å². The van der Waals surface area contributed by atoms with Gasteiger partial charge in [0, 0.05) is 17.3 Å². The van der Waals surface area contributed by atoms with Gasteiger partial charge in [0.2, 0.25) is 0 Å². The maximum atomic E-state index is 5.55. The van der Waals surface area contributed by atoms with Gasteiger partial charge in [-0.3, -0.25) is 4.40 Å². The van der Waals surface area contributed by atoms with E-state index < -0.39 is 0 Å².